The van der Waals surface area contributed by atoms with Gasteiger partial charge < -0.3 is 14.4 Å². The van der Waals surface area contributed by atoms with Gasteiger partial charge in [-0.15, -0.1) is 0 Å². The lowest BCUT2D eigenvalue weighted by molar-refractivity contribution is -0.141. The number of para-hydroxylation sites is 1. The summed E-state index contributed by atoms with van der Waals surface area (Å²) in [6.45, 7) is 3.27. The first kappa shape index (κ1) is 18.2. The Kier molecular flexibility index (Phi) is 5.13. The molecule has 0 bridgehead atoms. The molecule has 0 amide bonds. The number of rotatable bonds is 6. The first-order valence-corrected chi connectivity index (χ1v) is 8.65. The molecule has 1 aliphatic rings. The smallest absolute Gasteiger partial charge is 0.308 e. The summed E-state index contributed by atoms with van der Waals surface area (Å²) < 4.78 is 7.37. The molecule has 6 heteroatoms. The predicted molar refractivity (Wildman–Crippen MR) is 97.6 cm³/mol. The Morgan fingerprint density at radius 2 is 2.00 bits per heavy atom. The summed E-state index contributed by atoms with van der Waals surface area (Å²) in [6.07, 6.45) is 1.82. The second kappa shape index (κ2) is 7.33. The molecule has 0 unspecified atom stereocenters. The highest BCUT2D eigenvalue weighted by atomic mass is 16.5. The number of ketones is 1. The van der Waals surface area contributed by atoms with E-state index in [9.17, 15) is 14.7 Å². The Labute approximate surface area is 153 Å². The monoisotopic (exact) mass is 356 g/mol. The molecule has 1 saturated heterocycles. The molecule has 0 saturated carbocycles. The van der Waals surface area contributed by atoms with Crippen molar-refractivity contribution in [2.45, 2.75) is 19.4 Å². The van der Waals surface area contributed by atoms with Crippen molar-refractivity contribution in [3.05, 3.63) is 53.3 Å². The number of carboxylic acids is 1. The largest absolute Gasteiger partial charge is 0.496 e. The van der Waals surface area contributed by atoms with Gasteiger partial charge in [0.05, 0.1) is 13.0 Å². The van der Waals surface area contributed by atoms with Crippen molar-refractivity contribution < 1.29 is 19.4 Å². The highest BCUT2D eigenvalue weighted by molar-refractivity contribution is 5.94. The van der Waals surface area contributed by atoms with Crippen LogP contribution in [0.5, 0.6) is 5.75 Å². The van der Waals surface area contributed by atoms with E-state index in [2.05, 4.69) is 4.90 Å². The lowest BCUT2D eigenvalue weighted by atomic mass is 9.88. The number of Topliss-reactive ketones (excluding diaryl/α,β-unsaturated/α-hetero) is 1. The number of aliphatic carboxylic acids is 1. The molecule has 2 aromatic rings. The van der Waals surface area contributed by atoms with Gasteiger partial charge in [0.1, 0.15) is 5.75 Å². The quantitative estimate of drug-likeness (QED) is 0.806. The van der Waals surface area contributed by atoms with E-state index >= 15 is 0 Å². The van der Waals surface area contributed by atoms with Gasteiger partial charge in [-0.25, -0.2) is 0 Å². The standard InChI is InChI=1S/C20H24N2O4/c1-13(23)14-8-15(21(2)9-14)10-22-11-17(18(12-22)20(24)25)16-6-4-5-7-19(16)26-3/h4-9,17-18H,10-12H2,1-3H3,(H,24,25)/t17-,18+/m0/s1. The highest BCUT2D eigenvalue weighted by Gasteiger charge is 2.39. The molecule has 1 aromatic carbocycles. The summed E-state index contributed by atoms with van der Waals surface area (Å²) in [6, 6.07) is 9.49. The molecule has 3 rings (SSSR count). The van der Waals surface area contributed by atoms with Gasteiger partial charge in [-0.05, 0) is 24.6 Å². The van der Waals surface area contributed by atoms with E-state index in [4.69, 9.17) is 4.74 Å². The Balaban J connectivity index is 1.84. The maximum atomic E-state index is 11.8. The normalized spacial score (nSPS) is 20.3. The van der Waals surface area contributed by atoms with Gasteiger partial charge in [-0.1, -0.05) is 18.2 Å². The van der Waals surface area contributed by atoms with Crippen LogP contribution in [0, 0.1) is 5.92 Å². The van der Waals surface area contributed by atoms with Crippen molar-refractivity contribution in [3.63, 3.8) is 0 Å². The van der Waals surface area contributed by atoms with Gasteiger partial charge in [0.25, 0.3) is 0 Å². The van der Waals surface area contributed by atoms with Gasteiger partial charge in [0.15, 0.2) is 5.78 Å². The number of hydrogen-bond acceptors (Lipinski definition) is 4. The lowest BCUT2D eigenvalue weighted by Crippen LogP contribution is -2.24. The zero-order valence-corrected chi connectivity index (χ0v) is 15.3. The summed E-state index contributed by atoms with van der Waals surface area (Å²) in [5.74, 6) is -0.651. The maximum absolute atomic E-state index is 11.8. The van der Waals surface area contributed by atoms with E-state index < -0.39 is 11.9 Å². The van der Waals surface area contributed by atoms with Crippen LogP contribution in [0.1, 0.15) is 34.5 Å². The number of carboxylic acid groups (broad SMARTS) is 1. The first-order chi connectivity index (χ1) is 12.4. The van der Waals surface area contributed by atoms with Crippen LogP contribution in [-0.2, 0) is 18.4 Å². The Morgan fingerprint density at radius 3 is 2.62 bits per heavy atom. The van der Waals surface area contributed by atoms with Crippen molar-refractivity contribution in [2.75, 3.05) is 20.2 Å². The van der Waals surface area contributed by atoms with Crippen molar-refractivity contribution in [1.29, 1.82) is 0 Å². The average Bonchev–Trinajstić information content (AvgIpc) is 3.19. The number of likely N-dealkylation sites (tertiary alicyclic amines) is 1. The minimum absolute atomic E-state index is 0.0311. The molecule has 138 valence electrons. The number of nitrogens with zero attached hydrogens (tertiary/aromatic N) is 2. The Morgan fingerprint density at radius 1 is 1.27 bits per heavy atom. The first-order valence-electron chi connectivity index (χ1n) is 8.65. The number of carbonyl (C=O) groups is 2. The molecular formula is C20H24N2O4. The molecule has 26 heavy (non-hydrogen) atoms. The van der Waals surface area contributed by atoms with Crippen molar-refractivity contribution in [3.8, 4) is 5.75 Å². The fourth-order valence-corrected chi connectivity index (χ4v) is 3.74. The van der Waals surface area contributed by atoms with Crippen LogP contribution < -0.4 is 4.74 Å². The number of methoxy groups -OCH3 is 1. The predicted octanol–water partition coefficient (Wildman–Crippen LogP) is 2.54. The zero-order valence-electron chi connectivity index (χ0n) is 15.3. The highest BCUT2D eigenvalue weighted by Crippen LogP contribution is 2.38. The molecule has 2 atom stereocenters. The molecule has 0 spiro atoms. The van der Waals surface area contributed by atoms with Crippen LogP contribution in [0.4, 0.5) is 0 Å². The van der Waals surface area contributed by atoms with Crippen molar-refractivity contribution in [2.24, 2.45) is 13.0 Å². The fourth-order valence-electron chi connectivity index (χ4n) is 3.74. The van der Waals surface area contributed by atoms with E-state index in [1.165, 1.54) is 0 Å². The van der Waals surface area contributed by atoms with E-state index in [0.29, 0.717) is 25.2 Å². The molecule has 1 aromatic heterocycles. The van der Waals surface area contributed by atoms with Crippen LogP contribution in [0.25, 0.3) is 0 Å². The average molecular weight is 356 g/mol. The number of aryl methyl sites for hydroxylation is 1. The van der Waals surface area contributed by atoms with Crippen molar-refractivity contribution >= 4 is 11.8 Å². The molecular weight excluding hydrogens is 332 g/mol. The molecule has 1 N–H and O–H groups in total. The van der Waals surface area contributed by atoms with Crippen molar-refractivity contribution in [1.82, 2.24) is 9.47 Å². The van der Waals surface area contributed by atoms with Gasteiger partial charge in [0.2, 0.25) is 0 Å². The van der Waals surface area contributed by atoms with E-state index in [1.807, 2.05) is 48.1 Å². The number of carbonyl (C=O) groups excluding carboxylic acids is 1. The molecule has 2 heterocycles. The molecule has 6 nitrogen and oxygen atoms in total. The summed E-state index contributed by atoms with van der Waals surface area (Å²) in [5.41, 5.74) is 2.61. The second-order valence-corrected chi connectivity index (χ2v) is 6.87. The third-order valence-corrected chi connectivity index (χ3v) is 5.15. The number of aromatic nitrogens is 1. The van der Waals surface area contributed by atoms with Gasteiger partial charge >= 0.3 is 5.97 Å². The van der Waals surface area contributed by atoms with Crippen LogP contribution in [0.2, 0.25) is 0 Å². The lowest BCUT2D eigenvalue weighted by Gasteiger charge is -2.18. The van der Waals surface area contributed by atoms with Crippen LogP contribution >= 0.6 is 0 Å². The summed E-state index contributed by atoms with van der Waals surface area (Å²) in [4.78, 5) is 25.5. The zero-order chi connectivity index (χ0) is 18.8. The summed E-state index contributed by atoms with van der Waals surface area (Å²) in [7, 11) is 3.51. The Bertz CT molecular complexity index is 827. The van der Waals surface area contributed by atoms with Gasteiger partial charge in [-0.3, -0.25) is 14.5 Å². The molecule has 0 radical (unpaired) electrons. The van der Waals surface area contributed by atoms with Crippen LogP contribution in [0.15, 0.2) is 36.5 Å². The Hall–Kier alpha value is -2.60. The molecule has 1 fully saturated rings. The topological polar surface area (TPSA) is 71.8 Å². The SMILES string of the molecule is COc1ccccc1[C@@H]1CN(Cc2cc(C(C)=O)cn2C)C[C@H]1C(=O)O. The maximum Gasteiger partial charge on any atom is 0.308 e. The van der Waals surface area contributed by atoms with Gasteiger partial charge in [-0.2, -0.15) is 0 Å². The summed E-state index contributed by atoms with van der Waals surface area (Å²) in [5, 5.41) is 9.71. The number of ether oxygens (including phenoxy) is 1. The minimum Gasteiger partial charge on any atom is -0.496 e. The van der Waals surface area contributed by atoms with Crippen LogP contribution in [-0.4, -0.2) is 46.5 Å². The van der Waals surface area contributed by atoms with Gasteiger partial charge in [0, 0.05) is 50.1 Å². The second-order valence-electron chi connectivity index (χ2n) is 6.87. The number of hydrogen-bond donors (Lipinski definition) is 1. The minimum atomic E-state index is -0.792. The summed E-state index contributed by atoms with van der Waals surface area (Å²) >= 11 is 0. The molecule has 0 aliphatic carbocycles. The third kappa shape index (κ3) is 3.51. The van der Waals surface area contributed by atoms with E-state index in [1.54, 1.807) is 14.0 Å². The fraction of sp³-hybridized carbons (Fsp3) is 0.400. The van der Waals surface area contributed by atoms with Crippen LogP contribution in [0.3, 0.4) is 0 Å². The number of benzene rings is 1. The van der Waals surface area contributed by atoms with E-state index in [-0.39, 0.29) is 11.7 Å². The van der Waals surface area contributed by atoms with E-state index in [0.717, 1.165) is 17.0 Å². The third-order valence-electron chi connectivity index (χ3n) is 5.15. The molecule has 1 aliphatic heterocycles.